The number of H-pyrrole nitrogens is 1. The van der Waals surface area contributed by atoms with Gasteiger partial charge in [-0.15, -0.1) is 0 Å². The van der Waals surface area contributed by atoms with Crippen LogP contribution in [0.25, 0.3) is 10.9 Å². The molecule has 14 heavy (non-hydrogen) atoms. The third-order valence-electron chi connectivity index (χ3n) is 1.97. The molecule has 0 spiro atoms. The van der Waals surface area contributed by atoms with E-state index in [-0.39, 0.29) is 0 Å². The van der Waals surface area contributed by atoms with E-state index in [4.69, 9.17) is 9.47 Å². The predicted molar refractivity (Wildman–Crippen MR) is 53.5 cm³/mol. The second-order valence-electron chi connectivity index (χ2n) is 2.96. The molecule has 0 amide bonds. The normalized spacial score (nSPS) is 10.6. The first kappa shape index (κ1) is 9.02. The Kier molecular flexibility index (Phi) is 2.65. The van der Waals surface area contributed by atoms with E-state index in [1.165, 1.54) is 0 Å². The first-order chi connectivity index (χ1) is 6.90. The quantitative estimate of drug-likeness (QED) is 0.748. The molecule has 0 bridgehead atoms. The van der Waals surface area contributed by atoms with Gasteiger partial charge >= 0.3 is 0 Å². The lowest BCUT2D eigenvalue weighted by Crippen LogP contribution is -2.03. The number of ether oxygens (including phenoxy) is 2. The van der Waals surface area contributed by atoms with Gasteiger partial charge in [0.2, 0.25) is 0 Å². The highest BCUT2D eigenvalue weighted by Gasteiger charge is 1.98. The summed E-state index contributed by atoms with van der Waals surface area (Å²) in [4.78, 5) is 0. The molecule has 0 fully saturated rings. The fraction of sp³-hybridized carbons (Fsp3) is 0.300. The number of benzene rings is 1. The summed E-state index contributed by atoms with van der Waals surface area (Å²) < 4.78 is 10.3. The SMILES string of the molecule is COCCOc1ccc2[nH]ncc2c1. The number of hydrogen-bond donors (Lipinski definition) is 1. The monoisotopic (exact) mass is 192 g/mol. The Hall–Kier alpha value is -1.55. The van der Waals surface area contributed by atoms with Gasteiger partial charge in [-0.2, -0.15) is 5.10 Å². The lowest BCUT2D eigenvalue weighted by molar-refractivity contribution is 0.146. The molecule has 2 aromatic rings. The van der Waals surface area contributed by atoms with Gasteiger partial charge in [0.25, 0.3) is 0 Å². The minimum atomic E-state index is 0.569. The average Bonchev–Trinajstić information content (AvgIpc) is 2.65. The van der Waals surface area contributed by atoms with Crippen LogP contribution in [0.2, 0.25) is 0 Å². The van der Waals surface area contributed by atoms with Gasteiger partial charge in [-0.25, -0.2) is 0 Å². The molecule has 1 aromatic carbocycles. The topological polar surface area (TPSA) is 47.1 Å². The van der Waals surface area contributed by atoms with E-state index in [0.29, 0.717) is 13.2 Å². The van der Waals surface area contributed by atoms with Crippen molar-refractivity contribution in [2.24, 2.45) is 0 Å². The molecule has 0 saturated heterocycles. The molecular formula is C10H12N2O2. The van der Waals surface area contributed by atoms with Crippen LogP contribution in [0.15, 0.2) is 24.4 Å². The summed E-state index contributed by atoms with van der Waals surface area (Å²) in [7, 11) is 1.66. The van der Waals surface area contributed by atoms with E-state index in [1.54, 1.807) is 13.3 Å². The average molecular weight is 192 g/mol. The highest BCUT2D eigenvalue weighted by atomic mass is 16.5. The molecular weight excluding hydrogens is 180 g/mol. The van der Waals surface area contributed by atoms with Gasteiger partial charge in [0.1, 0.15) is 12.4 Å². The van der Waals surface area contributed by atoms with Gasteiger partial charge in [0.15, 0.2) is 0 Å². The molecule has 0 unspecified atom stereocenters. The van der Waals surface area contributed by atoms with Crippen molar-refractivity contribution < 1.29 is 9.47 Å². The zero-order valence-electron chi connectivity index (χ0n) is 7.99. The van der Waals surface area contributed by atoms with Crippen molar-refractivity contribution in [3.05, 3.63) is 24.4 Å². The number of hydrogen-bond acceptors (Lipinski definition) is 3. The van der Waals surface area contributed by atoms with Crippen molar-refractivity contribution in [1.29, 1.82) is 0 Å². The number of fused-ring (bicyclic) bond motifs is 1. The van der Waals surface area contributed by atoms with Gasteiger partial charge in [0, 0.05) is 12.5 Å². The van der Waals surface area contributed by atoms with E-state index >= 15 is 0 Å². The largest absolute Gasteiger partial charge is 0.491 e. The summed E-state index contributed by atoms with van der Waals surface area (Å²) in [6, 6.07) is 5.81. The highest BCUT2D eigenvalue weighted by Crippen LogP contribution is 2.18. The lowest BCUT2D eigenvalue weighted by Gasteiger charge is -2.04. The third-order valence-corrected chi connectivity index (χ3v) is 1.97. The molecule has 0 aliphatic heterocycles. The van der Waals surface area contributed by atoms with Crippen LogP contribution in [-0.2, 0) is 4.74 Å². The van der Waals surface area contributed by atoms with Crippen molar-refractivity contribution in [1.82, 2.24) is 10.2 Å². The lowest BCUT2D eigenvalue weighted by atomic mass is 10.2. The highest BCUT2D eigenvalue weighted by molar-refractivity contribution is 5.79. The zero-order valence-corrected chi connectivity index (χ0v) is 7.99. The minimum absolute atomic E-state index is 0.569. The number of nitrogens with one attached hydrogen (secondary N) is 1. The molecule has 2 rings (SSSR count). The van der Waals surface area contributed by atoms with Crippen LogP contribution >= 0.6 is 0 Å². The van der Waals surface area contributed by atoms with Crippen molar-refractivity contribution >= 4 is 10.9 Å². The van der Waals surface area contributed by atoms with E-state index in [0.717, 1.165) is 16.7 Å². The molecule has 0 aliphatic rings. The summed E-state index contributed by atoms with van der Waals surface area (Å²) in [6.45, 7) is 1.17. The number of nitrogens with zero attached hydrogens (tertiary/aromatic N) is 1. The summed E-state index contributed by atoms with van der Waals surface area (Å²) in [5.74, 6) is 0.843. The molecule has 1 aromatic heterocycles. The van der Waals surface area contributed by atoms with Gasteiger partial charge < -0.3 is 9.47 Å². The first-order valence-corrected chi connectivity index (χ1v) is 4.45. The Balaban J connectivity index is 2.10. The van der Waals surface area contributed by atoms with E-state index < -0.39 is 0 Å². The van der Waals surface area contributed by atoms with Crippen molar-refractivity contribution in [2.45, 2.75) is 0 Å². The van der Waals surface area contributed by atoms with Crippen LogP contribution in [0.5, 0.6) is 5.75 Å². The summed E-state index contributed by atoms with van der Waals surface area (Å²) in [5, 5.41) is 7.87. The fourth-order valence-corrected chi connectivity index (χ4v) is 1.25. The third kappa shape index (κ3) is 1.85. The van der Waals surface area contributed by atoms with Crippen molar-refractivity contribution in [2.75, 3.05) is 20.3 Å². The Morgan fingerprint density at radius 2 is 2.29 bits per heavy atom. The number of aromatic amines is 1. The number of rotatable bonds is 4. The molecule has 0 atom stereocenters. The first-order valence-electron chi connectivity index (χ1n) is 4.45. The van der Waals surface area contributed by atoms with Crippen LogP contribution in [0.1, 0.15) is 0 Å². The van der Waals surface area contributed by atoms with Crippen LogP contribution < -0.4 is 4.74 Å². The van der Waals surface area contributed by atoms with Crippen molar-refractivity contribution in [3.63, 3.8) is 0 Å². The zero-order chi connectivity index (χ0) is 9.80. The summed E-state index contributed by atoms with van der Waals surface area (Å²) in [6.07, 6.45) is 1.78. The Morgan fingerprint density at radius 1 is 1.36 bits per heavy atom. The molecule has 4 heteroatoms. The van der Waals surface area contributed by atoms with Crippen LogP contribution in [-0.4, -0.2) is 30.5 Å². The summed E-state index contributed by atoms with van der Waals surface area (Å²) >= 11 is 0. The predicted octanol–water partition coefficient (Wildman–Crippen LogP) is 1.59. The van der Waals surface area contributed by atoms with Crippen LogP contribution in [0.4, 0.5) is 0 Å². The number of aromatic nitrogens is 2. The summed E-state index contributed by atoms with van der Waals surface area (Å²) in [5.41, 5.74) is 1.02. The minimum Gasteiger partial charge on any atom is -0.491 e. The molecule has 0 aliphatic carbocycles. The number of methoxy groups -OCH3 is 1. The second kappa shape index (κ2) is 4.11. The Bertz CT molecular complexity index is 411. The van der Waals surface area contributed by atoms with Crippen LogP contribution in [0.3, 0.4) is 0 Å². The maximum atomic E-state index is 5.46. The molecule has 74 valence electrons. The van der Waals surface area contributed by atoms with Gasteiger partial charge in [-0.1, -0.05) is 0 Å². The maximum Gasteiger partial charge on any atom is 0.120 e. The van der Waals surface area contributed by atoms with E-state index in [1.807, 2.05) is 18.2 Å². The Morgan fingerprint density at radius 3 is 3.14 bits per heavy atom. The van der Waals surface area contributed by atoms with E-state index in [2.05, 4.69) is 10.2 Å². The van der Waals surface area contributed by atoms with Crippen LogP contribution in [0, 0.1) is 0 Å². The molecule has 0 saturated carbocycles. The smallest absolute Gasteiger partial charge is 0.120 e. The van der Waals surface area contributed by atoms with Gasteiger partial charge in [-0.05, 0) is 18.2 Å². The van der Waals surface area contributed by atoms with E-state index in [9.17, 15) is 0 Å². The second-order valence-corrected chi connectivity index (χ2v) is 2.96. The van der Waals surface area contributed by atoms with Crippen molar-refractivity contribution in [3.8, 4) is 5.75 Å². The van der Waals surface area contributed by atoms with Gasteiger partial charge in [0.05, 0.1) is 18.3 Å². The fourth-order valence-electron chi connectivity index (χ4n) is 1.25. The Labute approximate surface area is 81.8 Å². The van der Waals surface area contributed by atoms with Gasteiger partial charge in [-0.3, -0.25) is 5.10 Å². The molecule has 1 heterocycles. The molecule has 1 N–H and O–H groups in total. The molecule has 4 nitrogen and oxygen atoms in total. The standard InChI is InChI=1S/C10H12N2O2/c1-13-4-5-14-9-2-3-10-8(6-9)7-11-12-10/h2-3,6-7H,4-5H2,1H3,(H,11,12). The maximum absolute atomic E-state index is 5.46. The molecule has 0 radical (unpaired) electrons.